The molecule has 1 heterocycles. The largest absolute Gasteiger partial charge is 0.477 e. The highest BCUT2D eigenvalue weighted by Gasteiger charge is 2.15. The van der Waals surface area contributed by atoms with Gasteiger partial charge in [0.05, 0.1) is 18.0 Å². The van der Waals surface area contributed by atoms with Crippen molar-refractivity contribution < 1.29 is 23.1 Å². The molecule has 0 aromatic carbocycles. The summed E-state index contributed by atoms with van der Waals surface area (Å²) < 4.78 is 22.0. The van der Waals surface area contributed by atoms with Crippen LogP contribution in [0.4, 0.5) is 4.79 Å². The molecule has 0 fully saturated rings. The number of aromatic nitrogens is 1. The number of aryl methyl sites for hydroxylation is 1. The predicted molar refractivity (Wildman–Crippen MR) is 78.4 cm³/mol. The molecule has 0 aliphatic carbocycles. The van der Waals surface area contributed by atoms with E-state index in [1.54, 1.807) is 6.92 Å². The number of thiazole rings is 1. The van der Waals surface area contributed by atoms with E-state index in [0.717, 1.165) is 17.6 Å². The molecule has 1 rings (SSSR count). The summed E-state index contributed by atoms with van der Waals surface area (Å²) in [6.07, 6.45) is 1.10. The van der Waals surface area contributed by atoms with Gasteiger partial charge < -0.3 is 15.3 Å². The number of carboxylic acid groups (broad SMARTS) is 1. The summed E-state index contributed by atoms with van der Waals surface area (Å²) >= 11 is 0.999. The van der Waals surface area contributed by atoms with Crippen LogP contribution in [0, 0.1) is 6.92 Å². The van der Waals surface area contributed by atoms with Crippen molar-refractivity contribution in [3.8, 4) is 0 Å². The summed E-state index contributed by atoms with van der Waals surface area (Å²) in [5.74, 6) is -1.16. The van der Waals surface area contributed by atoms with E-state index >= 15 is 0 Å². The van der Waals surface area contributed by atoms with Crippen LogP contribution in [-0.2, 0) is 16.4 Å². The van der Waals surface area contributed by atoms with Crippen LogP contribution in [0.2, 0.25) is 0 Å². The number of carboxylic acids is 1. The average Bonchev–Trinajstić information content (AvgIpc) is 2.73. The number of nitrogens with zero attached hydrogens (tertiary/aromatic N) is 2. The highest BCUT2D eigenvalue weighted by Crippen LogP contribution is 2.17. The van der Waals surface area contributed by atoms with E-state index in [1.165, 1.54) is 11.9 Å². The Kier molecular flexibility index (Phi) is 5.67. The lowest BCUT2D eigenvalue weighted by atomic mass is 10.4. The normalized spacial score (nSPS) is 11.2. The van der Waals surface area contributed by atoms with Gasteiger partial charge in [-0.2, -0.15) is 0 Å². The Bertz CT molecular complexity index is 638. The highest BCUT2D eigenvalue weighted by atomic mass is 32.2. The van der Waals surface area contributed by atoms with Gasteiger partial charge in [0.25, 0.3) is 0 Å². The second-order valence-corrected chi connectivity index (χ2v) is 7.88. The molecule has 118 valence electrons. The van der Waals surface area contributed by atoms with Crippen LogP contribution in [0.3, 0.4) is 0 Å². The minimum absolute atomic E-state index is 0.0853. The summed E-state index contributed by atoms with van der Waals surface area (Å²) in [6, 6.07) is -0.441. The van der Waals surface area contributed by atoms with E-state index in [0.29, 0.717) is 10.7 Å². The molecule has 0 spiro atoms. The summed E-state index contributed by atoms with van der Waals surface area (Å²) in [6.45, 7) is 1.77. The number of sulfone groups is 1. The van der Waals surface area contributed by atoms with Crippen LogP contribution in [-0.4, -0.2) is 61.0 Å². The maximum absolute atomic E-state index is 11.7. The molecule has 1 aromatic heterocycles. The molecule has 0 saturated heterocycles. The minimum atomic E-state index is -3.13. The highest BCUT2D eigenvalue weighted by molar-refractivity contribution is 7.90. The molecule has 21 heavy (non-hydrogen) atoms. The molecule has 2 N–H and O–H groups in total. The van der Waals surface area contributed by atoms with Gasteiger partial charge in [0.2, 0.25) is 0 Å². The second kappa shape index (κ2) is 6.85. The molecule has 0 atom stereocenters. The smallest absolute Gasteiger partial charge is 0.347 e. The molecule has 0 radical (unpaired) electrons. The van der Waals surface area contributed by atoms with Gasteiger partial charge in [-0.05, 0) is 6.92 Å². The quantitative estimate of drug-likeness (QED) is 0.774. The van der Waals surface area contributed by atoms with E-state index in [9.17, 15) is 18.0 Å². The van der Waals surface area contributed by atoms with Crippen LogP contribution in [0.25, 0.3) is 0 Å². The predicted octanol–water partition coefficient (Wildman–Crippen LogP) is 0.336. The minimum Gasteiger partial charge on any atom is -0.477 e. The van der Waals surface area contributed by atoms with Gasteiger partial charge in [-0.3, -0.25) is 0 Å². The first-order valence-corrected chi connectivity index (χ1v) is 8.84. The fraction of sp³-hybridized carbons (Fsp3) is 0.545. The van der Waals surface area contributed by atoms with Crippen LogP contribution < -0.4 is 5.32 Å². The molecule has 0 bridgehead atoms. The zero-order valence-corrected chi connectivity index (χ0v) is 13.5. The number of rotatable bonds is 6. The molecular formula is C11H17N3O5S2. The molecule has 0 aliphatic rings. The molecular weight excluding hydrogens is 318 g/mol. The van der Waals surface area contributed by atoms with Crippen molar-refractivity contribution in [1.29, 1.82) is 0 Å². The fourth-order valence-electron chi connectivity index (χ4n) is 1.42. The van der Waals surface area contributed by atoms with Crippen molar-refractivity contribution in [1.82, 2.24) is 15.2 Å². The maximum Gasteiger partial charge on any atom is 0.347 e. The number of carbonyl (C=O) groups excluding carboxylic acids is 1. The van der Waals surface area contributed by atoms with Gasteiger partial charge in [-0.1, -0.05) is 0 Å². The molecule has 2 amide bonds. The maximum atomic E-state index is 11.7. The van der Waals surface area contributed by atoms with Crippen molar-refractivity contribution in [3.05, 3.63) is 15.6 Å². The SMILES string of the molecule is Cc1nc(CNC(=O)N(C)CCS(C)(=O)=O)sc1C(=O)O. The number of aromatic carboxylic acids is 1. The Morgan fingerprint density at radius 3 is 2.52 bits per heavy atom. The Morgan fingerprint density at radius 2 is 2.05 bits per heavy atom. The summed E-state index contributed by atoms with van der Waals surface area (Å²) in [7, 11) is -1.65. The Hall–Kier alpha value is -1.68. The van der Waals surface area contributed by atoms with Crippen molar-refractivity contribution in [2.24, 2.45) is 0 Å². The standard InChI is InChI=1S/C11H17N3O5S2/c1-7-9(10(15)16)20-8(13-7)6-12-11(17)14(2)4-5-21(3,18)19/h4-6H2,1-3H3,(H,12,17)(H,15,16). The van der Waals surface area contributed by atoms with Crippen molar-refractivity contribution >= 4 is 33.2 Å². The molecule has 0 saturated carbocycles. The van der Waals surface area contributed by atoms with Crippen LogP contribution in [0.5, 0.6) is 0 Å². The molecule has 10 heteroatoms. The van der Waals surface area contributed by atoms with Gasteiger partial charge in [-0.15, -0.1) is 11.3 Å². The molecule has 0 unspecified atom stereocenters. The van der Waals surface area contributed by atoms with E-state index < -0.39 is 21.8 Å². The molecule has 8 nitrogen and oxygen atoms in total. The van der Waals surface area contributed by atoms with Gasteiger partial charge in [0.1, 0.15) is 19.7 Å². The lowest BCUT2D eigenvalue weighted by Gasteiger charge is -2.16. The second-order valence-electron chi connectivity index (χ2n) is 4.54. The van der Waals surface area contributed by atoms with Crippen molar-refractivity contribution in [2.45, 2.75) is 13.5 Å². The third kappa shape index (κ3) is 5.68. The van der Waals surface area contributed by atoms with E-state index in [2.05, 4.69) is 10.3 Å². The van der Waals surface area contributed by atoms with Gasteiger partial charge >= 0.3 is 12.0 Å². The molecule has 1 aromatic rings. The van der Waals surface area contributed by atoms with Crippen molar-refractivity contribution in [2.75, 3.05) is 25.6 Å². The van der Waals surface area contributed by atoms with Gasteiger partial charge in [0.15, 0.2) is 0 Å². The Morgan fingerprint density at radius 1 is 1.43 bits per heavy atom. The lowest BCUT2D eigenvalue weighted by Crippen LogP contribution is -2.39. The number of amides is 2. The van der Waals surface area contributed by atoms with Crippen LogP contribution in [0.15, 0.2) is 0 Å². The van der Waals surface area contributed by atoms with Gasteiger partial charge in [0, 0.05) is 19.8 Å². The third-order valence-electron chi connectivity index (χ3n) is 2.57. The van der Waals surface area contributed by atoms with Crippen molar-refractivity contribution in [3.63, 3.8) is 0 Å². The lowest BCUT2D eigenvalue weighted by molar-refractivity contribution is 0.0701. The number of carbonyl (C=O) groups is 2. The zero-order valence-electron chi connectivity index (χ0n) is 11.9. The fourth-order valence-corrected chi connectivity index (χ4v) is 2.87. The summed E-state index contributed by atoms with van der Waals surface area (Å²) in [5, 5.41) is 12.0. The van der Waals surface area contributed by atoms with E-state index in [1.807, 2.05) is 0 Å². The summed E-state index contributed by atoms with van der Waals surface area (Å²) in [4.78, 5) is 28.1. The average molecular weight is 335 g/mol. The topological polar surface area (TPSA) is 117 Å². The number of hydrogen-bond acceptors (Lipinski definition) is 6. The van der Waals surface area contributed by atoms with Crippen LogP contribution in [0.1, 0.15) is 20.4 Å². The van der Waals surface area contributed by atoms with Gasteiger partial charge in [-0.25, -0.2) is 23.0 Å². The summed E-state index contributed by atoms with van der Waals surface area (Å²) in [5.41, 5.74) is 0.405. The first-order valence-electron chi connectivity index (χ1n) is 5.96. The monoisotopic (exact) mass is 335 g/mol. The van der Waals surface area contributed by atoms with Crippen LogP contribution >= 0.6 is 11.3 Å². The molecule has 0 aliphatic heterocycles. The number of hydrogen-bond donors (Lipinski definition) is 2. The van der Waals surface area contributed by atoms with E-state index in [-0.39, 0.29) is 23.7 Å². The Labute approximate surface area is 126 Å². The third-order valence-corrected chi connectivity index (χ3v) is 4.64. The van der Waals surface area contributed by atoms with E-state index in [4.69, 9.17) is 5.11 Å². The number of urea groups is 1. The Balaban J connectivity index is 2.53. The first kappa shape index (κ1) is 17.4. The zero-order chi connectivity index (χ0) is 16.2. The number of nitrogens with one attached hydrogen (secondary N) is 1. The first-order chi connectivity index (χ1) is 9.60.